The van der Waals surface area contributed by atoms with Gasteiger partial charge >= 0.3 is 11.9 Å². The Bertz CT molecular complexity index is 5300. The molecule has 3 aromatic heterocycles. The van der Waals surface area contributed by atoms with Crippen molar-refractivity contribution in [2.45, 2.75) is 222 Å². The van der Waals surface area contributed by atoms with Gasteiger partial charge in [0.15, 0.2) is 0 Å². The van der Waals surface area contributed by atoms with Crippen molar-refractivity contribution >= 4 is 146 Å². The van der Waals surface area contributed by atoms with E-state index in [1.807, 2.05) is 0 Å². The van der Waals surface area contributed by atoms with Gasteiger partial charge in [-0.05, 0) is 106 Å². The molecule has 3 aromatic carbocycles. The van der Waals surface area contributed by atoms with Crippen molar-refractivity contribution in [1.29, 1.82) is 0 Å². The van der Waals surface area contributed by atoms with Crippen LogP contribution in [0.4, 0.5) is 0 Å². The van der Waals surface area contributed by atoms with Crippen molar-refractivity contribution in [3.8, 4) is 5.75 Å². The molecule has 9 rings (SSSR count). The van der Waals surface area contributed by atoms with E-state index in [4.69, 9.17) is 17.2 Å². The number of fused-ring (bicyclic) bond motifs is 4. The number of hydrogen-bond acceptors (Lipinski definition) is 24. The van der Waals surface area contributed by atoms with Crippen LogP contribution < -0.4 is 70.4 Å². The van der Waals surface area contributed by atoms with Crippen LogP contribution in [-0.2, 0) is 117 Å². The van der Waals surface area contributed by atoms with Crippen LogP contribution in [0.25, 0.3) is 21.8 Å². The fraction of sp³-hybridized carbons (Fsp3) is 0.506. The van der Waals surface area contributed by atoms with E-state index in [1.165, 1.54) is 70.9 Å². The van der Waals surface area contributed by atoms with E-state index in [0.717, 1.165) is 31.4 Å². The smallest absolute Gasteiger partial charge is 0.323 e. The fourth-order valence-electron chi connectivity index (χ4n) is 16.4. The number of rotatable bonds is 25. The summed E-state index contributed by atoms with van der Waals surface area (Å²) in [6.07, 6.45) is -0.0627. The predicted molar refractivity (Wildman–Crippen MR) is 487 cm³/mol. The summed E-state index contributed by atoms with van der Waals surface area (Å²) >= 11 is 0.749. The number of imidazole rings is 1. The lowest BCUT2D eigenvalue weighted by atomic mass is 10.0. The summed E-state index contributed by atoms with van der Waals surface area (Å²) in [7, 11) is 2.41. The summed E-state index contributed by atoms with van der Waals surface area (Å²) in [4.78, 5) is 293. The molecule has 15 atom stereocenters. The molecule has 3 aliphatic rings. The second kappa shape index (κ2) is 49.1. The van der Waals surface area contributed by atoms with E-state index in [-0.39, 0.29) is 81.8 Å². The number of amides is 17. The number of carbonyl (C=O) groups is 19. The Kier molecular flexibility index (Phi) is 38.1. The highest BCUT2D eigenvalue weighted by molar-refractivity contribution is 8.00. The molecule has 730 valence electrons. The first-order valence-corrected chi connectivity index (χ1v) is 45.6. The van der Waals surface area contributed by atoms with E-state index in [2.05, 4.69) is 73.1 Å². The Hall–Kier alpha value is -14.1. The lowest BCUT2D eigenvalue weighted by Crippen LogP contribution is -2.62. The molecule has 0 radical (unpaired) electrons. The summed E-state index contributed by atoms with van der Waals surface area (Å²) in [6.45, 7) is 4.58. The molecular weight excluding hydrogens is 1780 g/mol. The van der Waals surface area contributed by atoms with Crippen LogP contribution in [0.15, 0.2) is 97.7 Å². The number of aromatic hydroxyl groups is 1. The van der Waals surface area contributed by atoms with Gasteiger partial charge in [0.1, 0.15) is 96.9 Å². The summed E-state index contributed by atoms with van der Waals surface area (Å²) in [5, 5.41) is 69.4. The Morgan fingerprint density at radius 1 is 0.563 bits per heavy atom. The number of hydrogen-bond donors (Lipinski definition) is 20. The molecule has 0 saturated carbocycles. The van der Waals surface area contributed by atoms with Crippen molar-refractivity contribution in [3.63, 3.8) is 0 Å². The van der Waals surface area contributed by atoms with Crippen molar-refractivity contribution in [2.24, 2.45) is 23.1 Å². The maximum Gasteiger partial charge on any atom is 0.323 e. The number of aliphatic hydroxyl groups excluding tert-OH is 1. The number of carboxylic acids is 2. The number of unbranched alkanes of at least 4 members (excludes halogenated alkanes) is 1. The number of likely N-dealkylation sites (N-methyl/N-ethyl adjacent to an activating group) is 2. The second-order valence-electron chi connectivity index (χ2n) is 34.3. The molecule has 45 nitrogen and oxygen atoms in total. The van der Waals surface area contributed by atoms with Crippen LogP contribution in [0.5, 0.6) is 5.75 Å². The van der Waals surface area contributed by atoms with Gasteiger partial charge in [-0.2, -0.15) is 0 Å². The van der Waals surface area contributed by atoms with Gasteiger partial charge in [0.2, 0.25) is 100 Å². The molecule has 17 amide bonds. The maximum atomic E-state index is 15.7. The molecule has 0 unspecified atom stereocenters. The summed E-state index contributed by atoms with van der Waals surface area (Å²) in [5.41, 5.74) is 19.9. The van der Waals surface area contributed by atoms with Crippen LogP contribution >= 0.6 is 11.8 Å². The number of H-pyrrole nitrogens is 3. The van der Waals surface area contributed by atoms with E-state index in [1.54, 1.807) is 75.5 Å². The third-order valence-electron chi connectivity index (χ3n) is 23.7. The van der Waals surface area contributed by atoms with Gasteiger partial charge in [-0.15, -0.1) is 11.8 Å². The normalized spacial score (nSPS) is 24.8. The van der Waals surface area contributed by atoms with Gasteiger partial charge in [-0.1, -0.05) is 82.1 Å². The molecular formula is C89H120N22O23S. The largest absolute Gasteiger partial charge is 0.508 e. The van der Waals surface area contributed by atoms with Crippen molar-refractivity contribution < 1.29 is 112 Å². The highest BCUT2D eigenvalue weighted by atomic mass is 32.2. The van der Waals surface area contributed by atoms with E-state index >= 15 is 38.4 Å². The van der Waals surface area contributed by atoms with Crippen molar-refractivity contribution in [2.75, 3.05) is 58.3 Å². The van der Waals surface area contributed by atoms with E-state index in [9.17, 15) is 73.2 Å². The zero-order chi connectivity index (χ0) is 98.8. The number of nitrogens with two attached hydrogens (primary N) is 3. The standard InChI is InChI=1S/C89H120N22O23S/c1-8-9-19-68-82(127)101-61(30-46(2)3)79(124)106-67(77(122)96-40-72(92)115)43-135-44-73(116)98-64(31-49-21-23-53(112)24-22-49)86(131)107(6)47(4)76(121)104-66(36-71(91)114)88(133)109-29-14-20-69(109)83(128)103-63(34-52-39-93-45-97-52)81(126)100-60(25-26-74(117)118)87(132)111-41-54(113)35-70(111)84(129)102-62(32-50-37-94-57-17-12-10-15-55(50)57)80(125)99-59(27-28-90)78(123)105-65(33-51-38-95-58-18-13-11-16-56(51)58)89(134)110(42-75(119)120)48(5)85(130)108(68)7/h10-13,15-18,21-24,37-39,45-48,54,59-70,94-95,112-113H,8-9,14,19-20,25-36,40-44,90H2,1-7H3,(H2,91,114)(H2,92,115)(H,93,97)(H,96,122)(H,98,116)(H,99,125)(H,100,126)(H,101,127)(H,102,129)(H,103,128)(H,104,121)(H,105,123)(H,106,124)(H,117,118)(H,119,120)/t47-,48-,54+,59-,60-,61-,62-,63-,64-,65-,66-,67-,68-,69-,70-/m0/s1. The third kappa shape index (κ3) is 29.0. The number of nitrogens with zero attached hydrogens (tertiary/aromatic N) is 6. The minimum atomic E-state index is -1.87. The number of aromatic nitrogens is 4. The van der Waals surface area contributed by atoms with Crippen molar-refractivity contribution in [1.82, 2.24) is 97.6 Å². The number of benzene rings is 3. The minimum Gasteiger partial charge on any atom is -0.508 e. The Morgan fingerprint density at radius 2 is 1.13 bits per heavy atom. The van der Waals surface area contributed by atoms with Crippen LogP contribution in [0, 0.1) is 5.92 Å². The van der Waals surface area contributed by atoms with Gasteiger partial charge in [0.05, 0.1) is 31.1 Å². The van der Waals surface area contributed by atoms with Gasteiger partial charge in [-0.25, -0.2) is 4.98 Å². The van der Waals surface area contributed by atoms with Gasteiger partial charge in [0, 0.05) is 118 Å². The van der Waals surface area contributed by atoms with Gasteiger partial charge in [0.25, 0.3) is 0 Å². The first-order chi connectivity index (χ1) is 64.1. The summed E-state index contributed by atoms with van der Waals surface area (Å²) in [6, 6.07) is -4.12. The second-order valence-corrected chi connectivity index (χ2v) is 35.3. The molecule has 6 aromatic rings. The number of thioether (sulfide) groups is 1. The molecule has 23 N–H and O–H groups in total. The number of aliphatic carboxylic acids is 2. The Balaban J connectivity index is 1.11. The fourth-order valence-corrected chi connectivity index (χ4v) is 17.3. The number of aliphatic hydroxyl groups is 1. The first-order valence-electron chi connectivity index (χ1n) is 44.4. The van der Waals surface area contributed by atoms with Gasteiger partial charge < -0.3 is 130 Å². The topological polar surface area (TPSA) is 680 Å². The molecule has 46 heteroatoms. The average molecular weight is 1900 g/mol. The van der Waals surface area contributed by atoms with E-state index < -0.39 is 273 Å². The zero-order valence-electron chi connectivity index (χ0n) is 75.9. The molecule has 0 bridgehead atoms. The minimum absolute atomic E-state index is 0.0838. The number of aromatic amines is 3. The molecule has 6 heterocycles. The monoisotopic (exact) mass is 1900 g/mol. The van der Waals surface area contributed by atoms with Crippen LogP contribution in [0.3, 0.4) is 0 Å². The first kappa shape index (κ1) is 105. The number of nitrogens with one attached hydrogen (secondary N) is 13. The van der Waals surface area contributed by atoms with E-state index in [0.29, 0.717) is 49.8 Å². The SMILES string of the molecule is CCCC[C@H]1C(=O)N[C@@H](CC(C)C)C(=O)N[C@H](C(=O)NCC(N)=O)CSCC(=O)N[C@@H](Cc2ccc(O)cc2)C(=O)N(C)[C@@H](C)C(=O)N[C@@H](CC(N)=O)C(=O)N2CCC[C@H]2C(=O)N[C@@H](Cc2cnc[nH]2)C(=O)N[C@@H](CCC(=O)O)C(=O)N2C[C@H](O)C[C@H]2C(=O)N[C@@H](Cc2c[nH]c3ccccc23)C(=O)N[C@@H](CCN)C(=O)N[C@@H](Cc2c[nH]c3ccccc23)C(=O)N(CC(=O)O)[C@@H](C)C(=O)N1C. The Morgan fingerprint density at radius 3 is 1.72 bits per heavy atom. The number of primary amides is 2. The van der Waals surface area contributed by atoms with Gasteiger partial charge in [-0.3, -0.25) is 91.1 Å². The molecule has 0 spiro atoms. The highest BCUT2D eigenvalue weighted by Crippen LogP contribution is 2.28. The summed E-state index contributed by atoms with van der Waals surface area (Å²) in [5.74, 6) is -22.2. The van der Waals surface area contributed by atoms with Crippen LogP contribution in [0.2, 0.25) is 0 Å². The Labute approximate surface area is 780 Å². The number of phenols is 1. The number of carbonyl (C=O) groups excluding carboxylic acids is 17. The molecule has 3 fully saturated rings. The number of carboxylic acid groups (broad SMARTS) is 2. The highest BCUT2D eigenvalue weighted by Gasteiger charge is 2.47. The maximum absolute atomic E-state index is 15.7. The predicted octanol–water partition coefficient (Wildman–Crippen LogP) is -3.69. The lowest BCUT2D eigenvalue weighted by Gasteiger charge is -2.36. The molecule has 3 saturated heterocycles. The summed E-state index contributed by atoms with van der Waals surface area (Å²) < 4.78 is 0. The molecule has 3 aliphatic heterocycles. The average Bonchev–Trinajstić information content (AvgIpc) is 1.53. The third-order valence-corrected chi connectivity index (χ3v) is 24.8. The zero-order valence-corrected chi connectivity index (χ0v) is 76.7. The molecule has 0 aliphatic carbocycles. The quantitative estimate of drug-likeness (QED) is 0.0262. The molecule has 135 heavy (non-hydrogen) atoms. The van der Waals surface area contributed by atoms with Crippen LogP contribution in [-0.4, -0.2) is 326 Å². The number of para-hydroxylation sites is 2. The number of phenolic OH excluding ortho intramolecular Hbond substituents is 1. The van der Waals surface area contributed by atoms with Crippen molar-refractivity contribution in [3.05, 3.63) is 120 Å². The lowest BCUT2D eigenvalue weighted by molar-refractivity contribution is -0.154. The van der Waals surface area contributed by atoms with Crippen LogP contribution in [0.1, 0.15) is 128 Å².